The predicted octanol–water partition coefficient (Wildman–Crippen LogP) is 4.08. The molecule has 0 saturated carbocycles. The number of carbonyl (C=O) groups is 2. The average molecular weight is 493 g/mol. The first-order valence-corrected chi connectivity index (χ1v) is 11.0. The lowest BCUT2D eigenvalue weighted by molar-refractivity contribution is -0.123. The summed E-state index contributed by atoms with van der Waals surface area (Å²) in [6.45, 7) is 3.71. The van der Waals surface area contributed by atoms with Crippen molar-refractivity contribution in [1.29, 1.82) is 0 Å². The summed E-state index contributed by atoms with van der Waals surface area (Å²) < 4.78 is 26.8. The maximum atomic E-state index is 12.6. The van der Waals surface area contributed by atoms with Gasteiger partial charge < -0.3 is 23.7 Å². The molecule has 0 aliphatic heterocycles. The fourth-order valence-corrected chi connectivity index (χ4v) is 3.20. The number of nitrogens with zero attached hydrogens (tertiary/aromatic N) is 1. The summed E-state index contributed by atoms with van der Waals surface area (Å²) in [6.07, 6.45) is 1.47. The van der Waals surface area contributed by atoms with Gasteiger partial charge in [-0.05, 0) is 73.0 Å². The monoisotopic (exact) mass is 492 g/mol. The van der Waals surface area contributed by atoms with Gasteiger partial charge in [0.2, 0.25) is 5.75 Å². The lowest BCUT2D eigenvalue weighted by Gasteiger charge is -2.13. The molecule has 0 aliphatic carbocycles. The van der Waals surface area contributed by atoms with E-state index < -0.39 is 5.97 Å². The van der Waals surface area contributed by atoms with Crippen LogP contribution in [0.2, 0.25) is 0 Å². The first-order valence-electron chi connectivity index (χ1n) is 11.0. The van der Waals surface area contributed by atoms with Gasteiger partial charge in [-0.25, -0.2) is 10.2 Å². The van der Waals surface area contributed by atoms with Crippen molar-refractivity contribution >= 4 is 18.1 Å². The van der Waals surface area contributed by atoms with E-state index in [-0.39, 0.29) is 18.1 Å². The SMILES string of the molecule is COc1cc(C(=O)Oc2ccc(/C=N/NC(=O)COc3cc(C)ccc3C)cc2)cc(OC)c1OC. The molecular weight excluding hydrogens is 464 g/mol. The Bertz CT molecular complexity index is 1230. The van der Waals surface area contributed by atoms with Crippen molar-refractivity contribution in [3.8, 4) is 28.7 Å². The molecule has 9 nitrogen and oxygen atoms in total. The Hall–Kier alpha value is -4.53. The highest BCUT2D eigenvalue weighted by molar-refractivity contribution is 5.93. The predicted molar refractivity (Wildman–Crippen MR) is 135 cm³/mol. The molecule has 0 fully saturated rings. The first-order chi connectivity index (χ1) is 17.3. The molecule has 0 heterocycles. The van der Waals surface area contributed by atoms with Crippen molar-refractivity contribution in [3.05, 3.63) is 76.9 Å². The van der Waals surface area contributed by atoms with Crippen molar-refractivity contribution in [2.45, 2.75) is 13.8 Å². The number of carbonyl (C=O) groups excluding carboxylic acids is 2. The zero-order valence-electron chi connectivity index (χ0n) is 20.8. The summed E-state index contributed by atoms with van der Waals surface area (Å²) >= 11 is 0. The van der Waals surface area contributed by atoms with E-state index in [2.05, 4.69) is 10.5 Å². The molecule has 3 rings (SSSR count). The number of hydrogen-bond acceptors (Lipinski definition) is 8. The number of ether oxygens (including phenoxy) is 5. The Balaban J connectivity index is 1.55. The first kappa shape index (κ1) is 26.1. The maximum absolute atomic E-state index is 12.6. The minimum absolute atomic E-state index is 0.155. The molecule has 9 heteroatoms. The number of benzene rings is 3. The molecule has 3 aromatic rings. The van der Waals surface area contributed by atoms with E-state index >= 15 is 0 Å². The van der Waals surface area contributed by atoms with E-state index in [0.717, 1.165) is 11.1 Å². The molecule has 0 spiro atoms. The number of esters is 1. The molecule has 0 aliphatic rings. The minimum atomic E-state index is -0.591. The Morgan fingerprint density at radius 2 is 1.53 bits per heavy atom. The summed E-state index contributed by atoms with van der Waals surface area (Å²) in [5, 5.41) is 3.93. The molecule has 0 aromatic heterocycles. The smallest absolute Gasteiger partial charge is 0.343 e. The number of rotatable bonds is 10. The Morgan fingerprint density at radius 1 is 0.861 bits per heavy atom. The fraction of sp³-hybridized carbons (Fsp3) is 0.222. The van der Waals surface area contributed by atoms with E-state index in [1.165, 1.54) is 39.7 Å². The second-order valence-corrected chi connectivity index (χ2v) is 7.72. The molecule has 188 valence electrons. The van der Waals surface area contributed by atoms with Crippen LogP contribution in [0, 0.1) is 13.8 Å². The molecule has 0 saturated heterocycles. The highest BCUT2D eigenvalue weighted by Gasteiger charge is 2.18. The summed E-state index contributed by atoms with van der Waals surface area (Å²) in [4.78, 5) is 24.6. The molecule has 0 atom stereocenters. The number of hydrazone groups is 1. The van der Waals surface area contributed by atoms with Crippen molar-refractivity contribution in [2.75, 3.05) is 27.9 Å². The number of aryl methyl sites for hydroxylation is 2. The van der Waals surface area contributed by atoms with E-state index in [1.54, 1.807) is 24.3 Å². The third-order valence-corrected chi connectivity index (χ3v) is 5.10. The van der Waals surface area contributed by atoms with Gasteiger partial charge in [0.25, 0.3) is 5.91 Å². The standard InChI is InChI=1S/C27H28N2O7/c1-17-6-7-18(2)22(12-17)35-16-25(30)29-28-15-19-8-10-21(11-9-19)36-27(31)20-13-23(32-3)26(34-5)24(14-20)33-4/h6-15H,16H2,1-5H3,(H,29,30)/b28-15+. The van der Waals surface area contributed by atoms with Gasteiger partial charge in [-0.3, -0.25) is 4.79 Å². The molecule has 1 amide bonds. The van der Waals surface area contributed by atoms with Crippen LogP contribution in [0.1, 0.15) is 27.0 Å². The maximum Gasteiger partial charge on any atom is 0.343 e. The van der Waals surface area contributed by atoms with Crippen LogP contribution < -0.4 is 29.1 Å². The Labute approximate surface area is 209 Å². The number of amides is 1. The number of hydrogen-bond donors (Lipinski definition) is 1. The molecular formula is C27H28N2O7. The molecule has 36 heavy (non-hydrogen) atoms. The van der Waals surface area contributed by atoms with Gasteiger partial charge in [0.15, 0.2) is 18.1 Å². The minimum Gasteiger partial charge on any atom is -0.493 e. The number of methoxy groups -OCH3 is 3. The van der Waals surface area contributed by atoms with E-state index in [0.29, 0.717) is 34.3 Å². The van der Waals surface area contributed by atoms with Crippen LogP contribution in [0.4, 0.5) is 0 Å². The lowest BCUT2D eigenvalue weighted by atomic mass is 10.1. The van der Waals surface area contributed by atoms with Crippen molar-refractivity contribution in [1.82, 2.24) is 5.43 Å². The van der Waals surface area contributed by atoms with E-state index in [4.69, 9.17) is 23.7 Å². The van der Waals surface area contributed by atoms with Gasteiger partial charge >= 0.3 is 5.97 Å². The van der Waals surface area contributed by atoms with Gasteiger partial charge in [-0.1, -0.05) is 12.1 Å². The molecule has 3 aromatic carbocycles. The van der Waals surface area contributed by atoms with E-state index in [1.807, 2.05) is 32.0 Å². The van der Waals surface area contributed by atoms with E-state index in [9.17, 15) is 9.59 Å². The topological polar surface area (TPSA) is 105 Å². The fourth-order valence-electron chi connectivity index (χ4n) is 3.20. The van der Waals surface area contributed by atoms with Crippen molar-refractivity contribution in [3.63, 3.8) is 0 Å². The summed E-state index contributed by atoms with van der Waals surface area (Å²) in [7, 11) is 4.41. The second kappa shape index (κ2) is 12.3. The number of nitrogens with one attached hydrogen (secondary N) is 1. The third kappa shape index (κ3) is 6.75. The molecule has 0 radical (unpaired) electrons. The van der Waals surface area contributed by atoms with Crippen LogP contribution in [-0.2, 0) is 4.79 Å². The normalized spacial score (nSPS) is 10.6. The summed E-state index contributed by atoms with van der Waals surface area (Å²) in [5.74, 6) is 1.08. The van der Waals surface area contributed by atoms with Gasteiger partial charge in [0.05, 0.1) is 33.1 Å². The van der Waals surface area contributed by atoms with Crippen LogP contribution in [0.5, 0.6) is 28.7 Å². The Kier molecular flexibility index (Phi) is 8.88. The highest BCUT2D eigenvalue weighted by Crippen LogP contribution is 2.38. The molecule has 1 N–H and O–H groups in total. The van der Waals surface area contributed by atoms with Crippen molar-refractivity contribution in [2.24, 2.45) is 5.10 Å². The highest BCUT2D eigenvalue weighted by atomic mass is 16.5. The van der Waals surface area contributed by atoms with Crippen LogP contribution in [0.3, 0.4) is 0 Å². The largest absolute Gasteiger partial charge is 0.493 e. The lowest BCUT2D eigenvalue weighted by Crippen LogP contribution is -2.24. The third-order valence-electron chi connectivity index (χ3n) is 5.10. The molecule has 0 bridgehead atoms. The zero-order valence-corrected chi connectivity index (χ0v) is 20.8. The summed E-state index contributed by atoms with van der Waals surface area (Å²) in [5.41, 5.74) is 5.35. The Morgan fingerprint density at radius 3 is 2.14 bits per heavy atom. The second-order valence-electron chi connectivity index (χ2n) is 7.72. The van der Waals surface area contributed by atoms with Gasteiger partial charge in [0, 0.05) is 0 Å². The van der Waals surface area contributed by atoms with Crippen LogP contribution >= 0.6 is 0 Å². The van der Waals surface area contributed by atoms with Crippen molar-refractivity contribution < 1.29 is 33.3 Å². The summed E-state index contributed by atoms with van der Waals surface area (Å²) in [6, 6.07) is 15.4. The van der Waals surface area contributed by atoms with Gasteiger partial charge in [-0.2, -0.15) is 5.10 Å². The van der Waals surface area contributed by atoms with Crippen LogP contribution in [-0.4, -0.2) is 46.0 Å². The molecule has 0 unspecified atom stereocenters. The van der Waals surface area contributed by atoms with Crippen LogP contribution in [0.25, 0.3) is 0 Å². The quantitative estimate of drug-likeness (QED) is 0.197. The van der Waals surface area contributed by atoms with Gasteiger partial charge in [-0.15, -0.1) is 0 Å². The zero-order chi connectivity index (χ0) is 26.1. The average Bonchev–Trinajstić information content (AvgIpc) is 2.89. The van der Waals surface area contributed by atoms with Crippen LogP contribution in [0.15, 0.2) is 59.7 Å². The van der Waals surface area contributed by atoms with Gasteiger partial charge in [0.1, 0.15) is 11.5 Å².